The second kappa shape index (κ2) is 10.0. The number of anilines is 1. The molecule has 1 heterocycles. The van der Waals surface area contributed by atoms with Crippen molar-refractivity contribution in [3.8, 4) is 11.8 Å². The maximum atomic E-state index is 13.5. The van der Waals surface area contributed by atoms with Gasteiger partial charge in [-0.2, -0.15) is 36.7 Å². The van der Waals surface area contributed by atoms with Gasteiger partial charge in [-0.05, 0) is 18.4 Å². The van der Waals surface area contributed by atoms with Gasteiger partial charge >= 0.3 is 11.7 Å². The Balaban J connectivity index is 2.97. The van der Waals surface area contributed by atoms with Gasteiger partial charge in [-0.15, -0.1) is 11.8 Å². The van der Waals surface area contributed by atoms with Crippen LogP contribution in [0.2, 0.25) is 10.0 Å². The summed E-state index contributed by atoms with van der Waals surface area (Å²) in [6, 6.07) is 2.16. The molecule has 0 saturated carbocycles. The van der Waals surface area contributed by atoms with E-state index in [4.69, 9.17) is 27.9 Å². The summed E-state index contributed by atoms with van der Waals surface area (Å²) in [6.45, 7) is -0.218. The molecule has 1 atom stereocenters. The van der Waals surface area contributed by atoms with Crippen LogP contribution in [-0.2, 0) is 20.8 Å². The molecule has 0 aliphatic heterocycles. The van der Waals surface area contributed by atoms with Crippen molar-refractivity contribution in [3.63, 3.8) is 0 Å². The van der Waals surface area contributed by atoms with Crippen molar-refractivity contribution in [2.75, 3.05) is 31.9 Å². The molecule has 0 fully saturated rings. The van der Waals surface area contributed by atoms with Crippen LogP contribution < -0.4 is 4.90 Å². The Bertz CT molecular complexity index is 1200. The average Bonchev–Trinajstić information content (AvgIpc) is 3.09. The van der Waals surface area contributed by atoms with Gasteiger partial charge in [0.2, 0.25) is 0 Å². The Morgan fingerprint density at radius 1 is 1.24 bits per heavy atom. The van der Waals surface area contributed by atoms with Crippen molar-refractivity contribution < 1.29 is 39.5 Å². The van der Waals surface area contributed by atoms with E-state index < -0.39 is 64.7 Å². The lowest BCUT2D eigenvalue weighted by Crippen LogP contribution is -2.32. The van der Waals surface area contributed by atoms with Crippen LogP contribution in [0.25, 0.3) is 5.69 Å². The summed E-state index contributed by atoms with van der Waals surface area (Å²) in [5.74, 6) is -0.798. The smallest absolute Gasteiger partial charge is 0.369 e. The molecule has 0 N–H and O–H groups in total. The largest absolute Gasteiger partial charge is 0.502 e. The van der Waals surface area contributed by atoms with Crippen molar-refractivity contribution in [1.29, 1.82) is 5.26 Å². The Labute approximate surface area is 204 Å². The van der Waals surface area contributed by atoms with E-state index >= 15 is 0 Å². The fourth-order valence-corrected chi connectivity index (χ4v) is 5.08. The van der Waals surface area contributed by atoms with Gasteiger partial charge in [-0.1, -0.05) is 23.2 Å². The van der Waals surface area contributed by atoms with E-state index in [1.165, 1.54) is 20.2 Å². The lowest BCUT2D eigenvalue weighted by atomic mass is 10.2. The number of likely N-dealkylation sites (N-methyl/N-ethyl adjacent to an activating group) is 1. The molecule has 17 heteroatoms. The van der Waals surface area contributed by atoms with Crippen LogP contribution in [0.4, 0.5) is 32.2 Å². The first-order chi connectivity index (χ1) is 15.5. The molecular formula is C17H14Cl2F6N4O3S2. The summed E-state index contributed by atoms with van der Waals surface area (Å²) >= 11 is 13.1. The highest BCUT2D eigenvalue weighted by molar-refractivity contribution is 7.99. The number of rotatable bonds is 7. The van der Waals surface area contributed by atoms with Crippen LogP contribution in [-0.4, -0.2) is 56.1 Å². The van der Waals surface area contributed by atoms with Crippen LogP contribution in [0.3, 0.4) is 0 Å². The van der Waals surface area contributed by atoms with Gasteiger partial charge in [0.15, 0.2) is 16.4 Å². The van der Waals surface area contributed by atoms with Crippen LogP contribution in [0.15, 0.2) is 17.0 Å². The molecule has 0 spiro atoms. The third-order valence-electron chi connectivity index (χ3n) is 4.36. The number of nitriles is 1. The van der Waals surface area contributed by atoms with Crippen molar-refractivity contribution in [3.05, 3.63) is 33.4 Å². The normalized spacial score (nSPS) is 13.6. The molecule has 7 nitrogen and oxygen atoms in total. The first-order valence-corrected chi connectivity index (χ1v) is 12.2. The summed E-state index contributed by atoms with van der Waals surface area (Å²) < 4.78 is 110. The van der Waals surface area contributed by atoms with Gasteiger partial charge in [0.25, 0.3) is 9.84 Å². The molecule has 0 amide bonds. The van der Waals surface area contributed by atoms with Gasteiger partial charge in [0.1, 0.15) is 17.2 Å². The Morgan fingerprint density at radius 2 is 1.76 bits per heavy atom. The first-order valence-electron chi connectivity index (χ1n) is 8.69. The highest BCUT2D eigenvalue weighted by atomic mass is 35.5. The SMILES string of the molecule is COC(CN(C)c1c(S(=O)(=O)C(F)(F)F)c(C#N)nn1-c1c(Cl)cc(C(F)(F)F)cc1Cl)SC. The zero-order valence-electron chi connectivity index (χ0n) is 17.3. The summed E-state index contributed by atoms with van der Waals surface area (Å²) in [5, 5.41) is 11.6. The number of hydrogen-bond donors (Lipinski definition) is 0. The molecule has 2 aromatic rings. The highest BCUT2D eigenvalue weighted by Gasteiger charge is 2.52. The average molecular weight is 571 g/mol. The number of sulfone groups is 1. The van der Waals surface area contributed by atoms with Gasteiger partial charge in [-0.3, -0.25) is 0 Å². The molecule has 0 aliphatic carbocycles. The second-order valence-corrected chi connectivity index (χ2v) is 10.2. The fourth-order valence-electron chi connectivity index (χ4n) is 2.81. The molecule has 1 aromatic carbocycles. The number of hydrogen-bond acceptors (Lipinski definition) is 7. The third kappa shape index (κ3) is 5.35. The number of nitrogens with zero attached hydrogens (tertiary/aromatic N) is 4. The maximum Gasteiger partial charge on any atom is 0.502 e. The summed E-state index contributed by atoms with van der Waals surface area (Å²) in [6.07, 6.45) is -3.25. The van der Waals surface area contributed by atoms with E-state index in [2.05, 4.69) is 5.10 Å². The van der Waals surface area contributed by atoms with E-state index in [0.29, 0.717) is 16.8 Å². The summed E-state index contributed by atoms with van der Waals surface area (Å²) in [4.78, 5) is -0.519. The van der Waals surface area contributed by atoms with Crippen molar-refractivity contribution >= 4 is 50.6 Å². The predicted octanol–water partition coefficient (Wildman–Crippen LogP) is 5.13. The minimum atomic E-state index is -6.15. The monoisotopic (exact) mass is 570 g/mol. The van der Waals surface area contributed by atoms with E-state index in [0.717, 1.165) is 16.7 Å². The lowest BCUT2D eigenvalue weighted by molar-refractivity contribution is -0.137. The molecule has 0 bridgehead atoms. The number of methoxy groups -OCH3 is 1. The standard InChI is InChI=1S/C17H14Cl2F6N4O3S2/c1-28(7-12(32-2)33-3)15-14(34(30,31)17(23,24)25)11(6-26)27-29(15)13-9(18)4-8(5-10(13)19)16(20,21)22/h4-5,12H,7H2,1-3H3. The van der Waals surface area contributed by atoms with Gasteiger partial charge in [0.05, 0.1) is 22.2 Å². The Kier molecular flexibility index (Phi) is 8.36. The number of benzene rings is 1. The second-order valence-electron chi connectivity index (χ2n) is 6.54. The highest BCUT2D eigenvalue weighted by Crippen LogP contribution is 2.43. The molecule has 1 aromatic heterocycles. The number of halogens is 8. The predicted molar refractivity (Wildman–Crippen MR) is 114 cm³/mol. The van der Waals surface area contributed by atoms with E-state index in [1.807, 2.05) is 0 Å². The molecule has 34 heavy (non-hydrogen) atoms. The quantitative estimate of drug-likeness (QED) is 0.336. The van der Waals surface area contributed by atoms with E-state index in [1.54, 1.807) is 6.26 Å². The van der Waals surface area contributed by atoms with Crippen LogP contribution >= 0.6 is 35.0 Å². The lowest BCUT2D eigenvalue weighted by Gasteiger charge is -2.26. The maximum absolute atomic E-state index is 13.5. The number of aromatic nitrogens is 2. The minimum absolute atomic E-state index is 0.218. The molecule has 0 radical (unpaired) electrons. The van der Waals surface area contributed by atoms with Crippen molar-refractivity contribution in [1.82, 2.24) is 9.78 Å². The number of ether oxygens (including phenoxy) is 1. The van der Waals surface area contributed by atoms with Gasteiger partial charge in [-0.25, -0.2) is 13.1 Å². The topological polar surface area (TPSA) is 88.2 Å². The Hall–Kier alpha value is -1.86. The molecular weight excluding hydrogens is 557 g/mol. The van der Waals surface area contributed by atoms with Crippen LogP contribution in [0.5, 0.6) is 0 Å². The molecule has 0 saturated heterocycles. The van der Waals surface area contributed by atoms with E-state index in [9.17, 15) is 40.0 Å². The van der Waals surface area contributed by atoms with Crippen LogP contribution in [0, 0.1) is 11.3 Å². The molecule has 188 valence electrons. The Morgan fingerprint density at radius 3 is 2.15 bits per heavy atom. The fraction of sp³-hybridized carbons (Fsp3) is 0.412. The number of alkyl halides is 6. The number of thioether (sulfide) groups is 1. The van der Waals surface area contributed by atoms with Crippen molar-refractivity contribution in [2.45, 2.75) is 22.0 Å². The third-order valence-corrected chi connectivity index (χ3v) is 7.33. The van der Waals surface area contributed by atoms with E-state index in [-0.39, 0.29) is 6.54 Å². The first kappa shape index (κ1) is 28.4. The summed E-state index contributed by atoms with van der Waals surface area (Å²) in [7, 11) is -3.68. The van der Waals surface area contributed by atoms with Gasteiger partial charge < -0.3 is 9.64 Å². The molecule has 2 rings (SSSR count). The summed E-state index contributed by atoms with van der Waals surface area (Å²) in [5.41, 5.74) is -9.49. The zero-order valence-corrected chi connectivity index (χ0v) is 20.4. The molecule has 0 aliphatic rings. The zero-order chi connectivity index (χ0) is 26.2. The van der Waals surface area contributed by atoms with Crippen LogP contribution in [0.1, 0.15) is 11.3 Å². The van der Waals surface area contributed by atoms with Crippen molar-refractivity contribution in [2.24, 2.45) is 0 Å². The van der Waals surface area contributed by atoms with Gasteiger partial charge in [0, 0.05) is 14.2 Å². The molecule has 1 unspecified atom stereocenters. The minimum Gasteiger partial charge on any atom is -0.369 e.